The molecule has 5 nitrogen and oxygen atoms in total. The maximum Gasteiger partial charge on any atom is 0.272 e. The van der Waals surface area contributed by atoms with E-state index in [1.807, 2.05) is 24.3 Å². The lowest BCUT2D eigenvalue weighted by atomic mass is 9.74. The number of methoxy groups -OCH3 is 1. The Balaban J connectivity index is 1.37. The van der Waals surface area contributed by atoms with Crippen LogP contribution in [0.25, 0.3) is 0 Å². The third-order valence-corrected chi connectivity index (χ3v) is 6.59. The first-order chi connectivity index (χ1) is 14.7. The number of piperidine rings is 1. The zero-order chi connectivity index (χ0) is 20.5. The second kappa shape index (κ2) is 7.98. The van der Waals surface area contributed by atoms with Gasteiger partial charge in [-0.3, -0.25) is 4.79 Å². The molecule has 3 aromatic rings. The minimum Gasteiger partial charge on any atom is -0.496 e. The predicted octanol–water partition coefficient (Wildman–Crippen LogP) is 4.34. The number of hydrogen-bond acceptors (Lipinski definition) is 3. The van der Waals surface area contributed by atoms with Crippen molar-refractivity contribution < 1.29 is 9.53 Å². The lowest BCUT2D eigenvalue weighted by Crippen LogP contribution is -2.49. The number of aromatic amines is 1. The fourth-order valence-corrected chi connectivity index (χ4v) is 5.21. The molecule has 1 fully saturated rings. The topological polar surface area (TPSA) is 58.2 Å². The maximum atomic E-state index is 13.4. The van der Waals surface area contributed by atoms with Crippen molar-refractivity contribution in [2.45, 2.75) is 44.1 Å². The normalized spacial score (nSPS) is 20.4. The van der Waals surface area contributed by atoms with Crippen LogP contribution in [0.15, 0.2) is 54.7 Å². The number of amides is 1. The van der Waals surface area contributed by atoms with Crippen LogP contribution in [-0.4, -0.2) is 40.5 Å². The number of carbonyl (C=O) groups excluding carboxylic acids is 1. The average Bonchev–Trinajstić information content (AvgIpc) is 3.26. The molecule has 154 valence electrons. The van der Waals surface area contributed by atoms with Gasteiger partial charge in [-0.1, -0.05) is 42.5 Å². The molecule has 1 amide bonds. The highest BCUT2D eigenvalue weighted by Gasteiger charge is 2.39. The molecule has 5 heteroatoms. The van der Waals surface area contributed by atoms with Crippen LogP contribution in [0.2, 0.25) is 0 Å². The summed E-state index contributed by atoms with van der Waals surface area (Å²) in [6.45, 7) is 0.812. The Hall–Kier alpha value is -3.08. The lowest BCUT2D eigenvalue weighted by Gasteiger charge is -2.45. The first-order valence-electron chi connectivity index (χ1n) is 10.8. The number of nitrogens with one attached hydrogen (secondary N) is 1. The number of nitrogens with zero attached hydrogens (tertiary/aromatic N) is 2. The smallest absolute Gasteiger partial charge is 0.272 e. The van der Waals surface area contributed by atoms with Gasteiger partial charge in [0.1, 0.15) is 17.3 Å². The van der Waals surface area contributed by atoms with E-state index in [0.29, 0.717) is 18.0 Å². The van der Waals surface area contributed by atoms with E-state index < -0.39 is 0 Å². The summed E-state index contributed by atoms with van der Waals surface area (Å²) < 4.78 is 5.59. The molecule has 1 saturated heterocycles. The Bertz CT molecular complexity index is 1040. The van der Waals surface area contributed by atoms with Gasteiger partial charge in [0.25, 0.3) is 5.91 Å². The third-order valence-electron chi connectivity index (χ3n) is 6.59. The van der Waals surface area contributed by atoms with Crippen LogP contribution in [0.1, 0.15) is 58.2 Å². The fourth-order valence-electron chi connectivity index (χ4n) is 5.21. The van der Waals surface area contributed by atoms with Crippen molar-refractivity contribution in [3.05, 3.63) is 82.9 Å². The van der Waals surface area contributed by atoms with Crippen LogP contribution in [0.5, 0.6) is 5.75 Å². The molecular formula is C25H27N3O2. The summed E-state index contributed by atoms with van der Waals surface area (Å²) in [7, 11) is 1.74. The molecule has 0 spiro atoms. The van der Waals surface area contributed by atoms with Crippen molar-refractivity contribution in [2.75, 3.05) is 13.7 Å². The zero-order valence-electron chi connectivity index (χ0n) is 17.3. The van der Waals surface area contributed by atoms with Gasteiger partial charge in [-0.2, -0.15) is 0 Å². The Morgan fingerprint density at radius 1 is 1.17 bits per heavy atom. The highest BCUT2D eigenvalue weighted by atomic mass is 16.5. The summed E-state index contributed by atoms with van der Waals surface area (Å²) in [5.41, 5.74) is 4.46. The van der Waals surface area contributed by atoms with E-state index in [0.717, 1.165) is 43.8 Å². The number of ether oxygens (including phenoxy) is 1. The fraction of sp³-hybridized carbons (Fsp3) is 0.360. The van der Waals surface area contributed by atoms with Crippen LogP contribution in [0, 0.1) is 0 Å². The highest BCUT2D eigenvalue weighted by molar-refractivity contribution is 5.92. The van der Waals surface area contributed by atoms with Crippen LogP contribution in [-0.2, 0) is 12.8 Å². The molecule has 1 aromatic heterocycles. The average molecular weight is 402 g/mol. The Kier molecular flexibility index (Phi) is 5.03. The van der Waals surface area contributed by atoms with Gasteiger partial charge in [-0.25, -0.2) is 4.98 Å². The molecule has 0 radical (unpaired) electrons. The largest absolute Gasteiger partial charge is 0.496 e. The molecule has 2 atom stereocenters. The first kappa shape index (κ1) is 18.9. The van der Waals surface area contributed by atoms with Gasteiger partial charge in [-0.05, 0) is 48.4 Å². The van der Waals surface area contributed by atoms with Crippen molar-refractivity contribution in [1.82, 2.24) is 14.9 Å². The Labute approximate surface area is 177 Å². The Morgan fingerprint density at radius 2 is 2.03 bits per heavy atom. The molecule has 2 aliphatic rings. The number of rotatable bonds is 4. The van der Waals surface area contributed by atoms with Crippen molar-refractivity contribution in [3.8, 4) is 5.75 Å². The highest BCUT2D eigenvalue weighted by Crippen LogP contribution is 2.43. The van der Waals surface area contributed by atoms with E-state index in [9.17, 15) is 4.79 Å². The minimum atomic E-state index is 0.0721. The number of hydrogen-bond donors (Lipinski definition) is 1. The molecule has 0 bridgehead atoms. The van der Waals surface area contributed by atoms with Gasteiger partial charge in [0, 0.05) is 24.9 Å². The van der Waals surface area contributed by atoms with E-state index in [4.69, 9.17) is 4.74 Å². The molecule has 2 aromatic carbocycles. The maximum absolute atomic E-state index is 13.4. The first-order valence-corrected chi connectivity index (χ1v) is 10.8. The van der Waals surface area contributed by atoms with Crippen molar-refractivity contribution in [2.24, 2.45) is 0 Å². The summed E-state index contributed by atoms with van der Waals surface area (Å²) in [4.78, 5) is 23.2. The summed E-state index contributed by atoms with van der Waals surface area (Å²) >= 11 is 0. The summed E-state index contributed by atoms with van der Waals surface area (Å²) in [5.74, 6) is 2.27. The molecular weight excluding hydrogens is 374 g/mol. The van der Waals surface area contributed by atoms with Crippen molar-refractivity contribution >= 4 is 5.91 Å². The number of H-pyrrole nitrogens is 1. The third kappa shape index (κ3) is 3.38. The zero-order valence-corrected chi connectivity index (χ0v) is 17.3. The molecule has 2 heterocycles. The molecule has 5 rings (SSSR count). The van der Waals surface area contributed by atoms with Crippen LogP contribution >= 0.6 is 0 Å². The van der Waals surface area contributed by atoms with Gasteiger partial charge < -0.3 is 14.6 Å². The van der Waals surface area contributed by atoms with E-state index in [1.165, 1.54) is 16.7 Å². The van der Waals surface area contributed by atoms with Crippen molar-refractivity contribution in [1.29, 1.82) is 0 Å². The van der Waals surface area contributed by atoms with Gasteiger partial charge in [0.15, 0.2) is 0 Å². The minimum absolute atomic E-state index is 0.0721. The van der Waals surface area contributed by atoms with Crippen LogP contribution in [0.4, 0.5) is 0 Å². The molecule has 1 aliphatic carbocycles. The van der Waals surface area contributed by atoms with Crippen LogP contribution in [0.3, 0.4) is 0 Å². The standard InChI is InChI=1S/C25H27N3O2/c1-30-23-11-5-9-18-19-10-6-14-28(22(19)13-12-20(18)23)25(29)21-16-26-24(27-21)15-17-7-3-2-4-8-17/h2-5,7-9,11,16,19,22H,6,10,12-15H2,1H3,(H,26,27). The van der Waals surface area contributed by atoms with Crippen LogP contribution < -0.4 is 4.74 Å². The number of imidazole rings is 1. The number of fused-ring (bicyclic) bond motifs is 3. The monoisotopic (exact) mass is 401 g/mol. The summed E-state index contributed by atoms with van der Waals surface area (Å²) in [5, 5.41) is 0. The van der Waals surface area contributed by atoms with Gasteiger partial charge in [0.2, 0.25) is 0 Å². The second-order valence-electron chi connectivity index (χ2n) is 8.29. The van der Waals surface area contributed by atoms with Crippen molar-refractivity contribution in [3.63, 3.8) is 0 Å². The molecule has 1 N–H and O–H groups in total. The predicted molar refractivity (Wildman–Crippen MR) is 116 cm³/mol. The summed E-state index contributed by atoms with van der Waals surface area (Å²) in [6, 6.07) is 16.8. The quantitative estimate of drug-likeness (QED) is 0.707. The molecule has 2 unspecified atom stereocenters. The van der Waals surface area contributed by atoms with E-state index in [2.05, 4.69) is 39.1 Å². The number of likely N-dealkylation sites (tertiary alicyclic amines) is 1. The lowest BCUT2D eigenvalue weighted by molar-refractivity contribution is 0.0540. The van der Waals surface area contributed by atoms with Gasteiger partial charge in [0.05, 0.1) is 13.3 Å². The summed E-state index contributed by atoms with van der Waals surface area (Å²) in [6.07, 6.45) is 6.48. The van der Waals surface area contributed by atoms with E-state index in [1.54, 1.807) is 13.3 Å². The number of carbonyl (C=O) groups is 1. The molecule has 30 heavy (non-hydrogen) atoms. The number of aromatic nitrogens is 2. The Morgan fingerprint density at radius 3 is 2.87 bits per heavy atom. The van der Waals surface area contributed by atoms with Gasteiger partial charge in [-0.15, -0.1) is 0 Å². The number of benzene rings is 2. The second-order valence-corrected chi connectivity index (χ2v) is 8.29. The molecule has 1 aliphatic heterocycles. The van der Waals surface area contributed by atoms with E-state index >= 15 is 0 Å². The van der Waals surface area contributed by atoms with Gasteiger partial charge >= 0.3 is 0 Å². The van der Waals surface area contributed by atoms with E-state index in [-0.39, 0.29) is 11.9 Å². The SMILES string of the molecule is COc1cccc2c1CCC1C2CCCN1C(=O)c1cnc(Cc2ccccc2)[nH]1. The molecule has 0 saturated carbocycles.